The van der Waals surface area contributed by atoms with Crippen molar-refractivity contribution in [2.24, 2.45) is 17.4 Å². The van der Waals surface area contributed by atoms with Crippen molar-refractivity contribution in [3.8, 4) is 0 Å². The molecule has 0 fully saturated rings. The van der Waals surface area contributed by atoms with Gasteiger partial charge in [0.1, 0.15) is 5.94 Å². The van der Waals surface area contributed by atoms with Gasteiger partial charge in [-0.05, 0) is 31.9 Å². The molecule has 0 heterocycles. The second-order valence-electron chi connectivity index (χ2n) is 3.72. The Morgan fingerprint density at radius 2 is 2.36 bits per heavy atom. The van der Waals surface area contributed by atoms with Crippen molar-refractivity contribution in [3.05, 3.63) is 29.5 Å². The van der Waals surface area contributed by atoms with Crippen LogP contribution in [0, 0.1) is 5.92 Å². The van der Waals surface area contributed by atoms with Crippen LogP contribution in [-0.2, 0) is 4.79 Å². The lowest BCUT2D eigenvalue weighted by Gasteiger charge is -2.16. The van der Waals surface area contributed by atoms with Crippen molar-refractivity contribution in [2.45, 2.75) is 25.8 Å². The molecule has 0 saturated heterocycles. The number of nitrogens with two attached hydrogens (primary N) is 2. The van der Waals surface area contributed by atoms with Crippen molar-refractivity contribution in [2.75, 3.05) is 0 Å². The lowest BCUT2D eigenvalue weighted by Crippen LogP contribution is -2.17. The zero-order valence-corrected chi connectivity index (χ0v) is 8.36. The van der Waals surface area contributed by atoms with Crippen LogP contribution in [0.5, 0.6) is 0 Å². The van der Waals surface area contributed by atoms with Crippen LogP contribution in [0.2, 0.25) is 0 Å². The summed E-state index contributed by atoms with van der Waals surface area (Å²) in [4.78, 5) is 10.6. The molecule has 1 aliphatic rings. The third kappa shape index (κ3) is 2.87. The van der Waals surface area contributed by atoms with E-state index in [4.69, 9.17) is 11.5 Å². The third-order valence-corrected chi connectivity index (χ3v) is 2.29. The van der Waals surface area contributed by atoms with Gasteiger partial charge in [-0.25, -0.2) is 4.79 Å². The molecular weight excluding hydrogens is 176 g/mol. The summed E-state index contributed by atoms with van der Waals surface area (Å²) in [7, 11) is 0. The smallest absolute Gasteiger partial charge is 0.128 e. The molecule has 0 saturated carbocycles. The van der Waals surface area contributed by atoms with Crippen molar-refractivity contribution in [1.29, 1.82) is 0 Å². The molecule has 4 N–H and O–H groups in total. The maximum Gasteiger partial charge on any atom is 0.128 e. The third-order valence-electron chi connectivity index (χ3n) is 2.29. The topological polar surface area (TPSA) is 69.1 Å². The second kappa shape index (κ2) is 4.80. The van der Waals surface area contributed by atoms with E-state index in [1.54, 1.807) is 6.08 Å². The molecule has 1 rings (SSSR count). The van der Waals surface area contributed by atoms with Crippen LogP contribution >= 0.6 is 0 Å². The molecule has 0 radical (unpaired) electrons. The molecule has 0 aromatic rings. The summed E-state index contributed by atoms with van der Waals surface area (Å²) in [6.07, 6.45) is 7.22. The summed E-state index contributed by atoms with van der Waals surface area (Å²) in [5.74, 6) is 2.06. The highest BCUT2D eigenvalue weighted by Gasteiger charge is 2.14. The normalized spacial score (nSPS) is 22.9. The molecule has 2 atom stereocenters. The molecule has 76 valence electrons. The quantitative estimate of drug-likeness (QED) is 0.653. The Labute approximate surface area is 84.2 Å². The summed E-state index contributed by atoms with van der Waals surface area (Å²) >= 11 is 0. The van der Waals surface area contributed by atoms with E-state index in [9.17, 15) is 4.79 Å². The molecule has 0 aromatic carbocycles. The molecule has 0 spiro atoms. The molecular formula is C11H16N2O. The highest BCUT2D eigenvalue weighted by molar-refractivity contribution is 5.61. The van der Waals surface area contributed by atoms with E-state index >= 15 is 0 Å². The van der Waals surface area contributed by atoms with E-state index in [0.29, 0.717) is 11.3 Å². The molecule has 1 aliphatic carbocycles. The minimum absolute atomic E-state index is 0.130. The van der Waals surface area contributed by atoms with Crippen molar-refractivity contribution in [3.63, 3.8) is 0 Å². The summed E-state index contributed by atoms with van der Waals surface area (Å²) in [5.41, 5.74) is 12.5. The first-order valence-electron chi connectivity index (χ1n) is 4.79. The Kier molecular flexibility index (Phi) is 3.69. The standard InChI is InChI=1S/C11H16N2O/c1-8(12)2-3-9-4-5-11(13)6-10(9)7-14/h4-6,8-9H,2-3,12-13H2,1H3/t8-,9?/m0/s1. The zero-order valence-electron chi connectivity index (χ0n) is 8.36. The van der Waals surface area contributed by atoms with Crippen LogP contribution < -0.4 is 11.5 Å². The van der Waals surface area contributed by atoms with Crippen LogP contribution in [0.1, 0.15) is 19.8 Å². The largest absolute Gasteiger partial charge is 0.399 e. The van der Waals surface area contributed by atoms with Gasteiger partial charge in [0.2, 0.25) is 0 Å². The van der Waals surface area contributed by atoms with Gasteiger partial charge in [0, 0.05) is 23.2 Å². The number of rotatable bonds is 3. The van der Waals surface area contributed by atoms with Gasteiger partial charge in [-0.2, -0.15) is 0 Å². The Hall–Kier alpha value is -1.31. The fourth-order valence-electron chi connectivity index (χ4n) is 1.46. The van der Waals surface area contributed by atoms with Gasteiger partial charge in [0.25, 0.3) is 0 Å². The summed E-state index contributed by atoms with van der Waals surface area (Å²) in [6.45, 7) is 1.96. The first-order chi connectivity index (χ1) is 6.63. The maximum absolute atomic E-state index is 10.6. The zero-order chi connectivity index (χ0) is 10.6. The summed E-state index contributed by atoms with van der Waals surface area (Å²) < 4.78 is 0. The number of allylic oxidation sites excluding steroid dienone is 4. The Bertz CT molecular complexity index is 309. The van der Waals surface area contributed by atoms with Crippen LogP contribution in [0.25, 0.3) is 0 Å². The fourth-order valence-corrected chi connectivity index (χ4v) is 1.46. The van der Waals surface area contributed by atoms with Gasteiger partial charge >= 0.3 is 0 Å². The number of carbonyl (C=O) groups excluding carboxylic acids is 1. The lowest BCUT2D eigenvalue weighted by molar-refractivity contribution is 0.549. The van der Waals surface area contributed by atoms with Gasteiger partial charge in [-0.3, -0.25) is 0 Å². The molecule has 1 unspecified atom stereocenters. The highest BCUT2D eigenvalue weighted by Crippen LogP contribution is 2.23. The summed E-state index contributed by atoms with van der Waals surface area (Å²) in [5, 5.41) is 0. The SMILES string of the molecule is C[C@H](N)CCC1C=CC(N)=CC1=C=O. The maximum atomic E-state index is 10.6. The minimum atomic E-state index is 0.130. The van der Waals surface area contributed by atoms with Gasteiger partial charge < -0.3 is 11.5 Å². The Balaban J connectivity index is 2.63. The van der Waals surface area contributed by atoms with E-state index in [1.807, 2.05) is 25.0 Å². The summed E-state index contributed by atoms with van der Waals surface area (Å²) in [6, 6.07) is 0.166. The van der Waals surface area contributed by atoms with E-state index in [0.717, 1.165) is 12.8 Å². The molecule has 0 aromatic heterocycles. The van der Waals surface area contributed by atoms with Gasteiger partial charge in [0.05, 0.1) is 0 Å². The van der Waals surface area contributed by atoms with E-state index in [2.05, 4.69) is 0 Å². The molecule has 0 amide bonds. The minimum Gasteiger partial charge on any atom is -0.399 e. The molecule has 14 heavy (non-hydrogen) atoms. The van der Waals surface area contributed by atoms with Crippen LogP contribution in [-0.4, -0.2) is 12.0 Å². The van der Waals surface area contributed by atoms with Crippen LogP contribution in [0.4, 0.5) is 0 Å². The average molecular weight is 192 g/mol. The predicted octanol–water partition coefficient (Wildman–Crippen LogP) is 0.900. The van der Waals surface area contributed by atoms with Crippen molar-refractivity contribution < 1.29 is 4.79 Å². The van der Waals surface area contributed by atoms with Gasteiger partial charge in [-0.1, -0.05) is 6.08 Å². The average Bonchev–Trinajstić information content (AvgIpc) is 2.15. The first kappa shape index (κ1) is 10.8. The van der Waals surface area contributed by atoms with Crippen LogP contribution in [0.3, 0.4) is 0 Å². The first-order valence-corrected chi connectivity index (χ1v) is 4.79. The number of hydrogen-bond acceptors (Lipinski definition) is 3. The highest BCUT2D eigenvalue weighted by atomic mass is 16.1. The molecule has 0 bridgehead atoms. The van der Waals surface area contributed by atoms with Crippen LogP contribution in [0.15, 0.2) is 29.5 Å². The monoisotopic (exact) mass is 192 g/mol. The van der Waals surface area contributed by atoms with Gasteiger partial charge in [-0.15, -0.1) is 0 Å². The fraction of sp³-hybridized carbons (Fsp3) is 0.455. The van der Waals surface area contributed by atoms with Crippen molar-refractivity contribution >= 4 is 5.94 Å². The molecule has 3 nitrogen and oxygen atoms in total. The van der Waals surface area contributed by atoms with Crippen molar-refractivity contribution in [1.82, 2.24) is 0 Å². The lowest BCUT2D eigenvalue weighted by atomic mass is 9.89. The second-order valence-corrected chi connectivity index (χ2v) is 3.72. The molecule has 3 heteroatoms. The Morgan fingerprint density at radius 1 is 1.64 bits per heavy atom. The van der Waals surface area contributed by atoms with Gasteiger partial charge in [0.15, 0.2) is 0 Å². The Morgan fingerprint density at radius 3 is 2.93 bits per heavy atom. The number of hydrogen-bond donors (Lipinski definition) is 2. The predicted molar refractivity (Wildman–Crippen MR) is 57.0 cm³/mol. The van der Waals surface area contributed by atoms with E-state index in [-0.39, 0.29) is 12.0 Å². The molecule has 0 aliphatic heterocycles. The van der Waals surface area contributed by atoms with E-state index in [1.165, 1.54) is 0 Å². The van der Waals surface area contributed by atoms with E-state index < -0.39 is 0 Å².